The molecule has 0 saturated heterocycles. The smallest absolute Gasteiger partial charge is 0.298 e. The Kier molecular flexibility index (Phi) is 3.47. The fourth-order valence-corrected chi connectivity index (χ4v) is 1.51. The van der Waals surface area contributed by atoms with E-state index < -0.39 is 5.09 Å². The van der Waals surface area contributed by atoms with Crippen LogP contribution in [0.2, 0.25) is 0 Å². The molecule has 1 aromatic carbocycles. The molecule has 0 atom stereocenters. The molecule has 0 bridgehead atoms. The van der Waals surface area contributed by atoms with Crippen LogP contribution in [0.4, 0.5) is 0 Å². The number of hydrogen-bond donors (Lipinski definition) is 0. The van der Waals surface area contributed by atoms with Crippen LogP contribution < -0.4 is 4.84 Å². The van der Waals surface area contributed by atoms with E-state index in [9.17, 15) is 14.9 Å². The van der Waals surface area contributed by atoms with Gasteiger partial charge in [-0.15, -0.1) is 21.9 Å². The number of para-hydroxylation sites is 1. The number of rotatable bonds is 4. The summed E-state index contributed by atoms with van der Waals surface area (Å²) in [7, 11) is 0. The second-order valence-corrected chi connectivity index (χ2v) is 3.16. The van der Waals surface area contributed by atoms with Crippen molar-refractivity contribution in [2.75, 3.05) is 6.26 Å². The number of hydrogen-bond acceptors (Lipinski definition) is 5. The van der Waals surface area contributed by atoms with E-state index in [0.29, 0.717) is 11.2 Å². The molecule has 0 spiro atoms. The summed E-state index contributed by atoms with van der Waals surface area (Å²) >= 11 is 1.28. The molecule has 1 aromatic rings. The van der Waals surface area contributed by atoms with Crippen LogP contribution in [-0.2, 0) is 0 Å². The fourth-order valence-electron chi connectivity index (χ4n) is 0.959. The van der Waals surface area contributed by atoms with Crippen LogP contribution in [0.1, 0.15) is 10.4 Å². The minimum absolute atomic E-state index is 0.000000000000000444. The summed E-state index contributed by atoms with van der Waals surface area (Å²) in [5.74, 6) is 0.000000000000000444. The first kappa shape index (κ1) is 10.5. The summed E-state index contributed by atoms with van der Waals surface area (Å²) in [5, 5.41) is 9.23. The minimum Gasteiger partial charge on any atom is -0.298 e. The van der Waals surface area contributed by atoms with Gasteiger partial charge in [0.1, 0.15) is 5.75 Å². The largest absolute Gasteiger partial charge is 0.299 e. The van der Waals surface area contributed by atoms with Gasteiger partial charge < -0.3 is 0 Å². The second kappa shape index (κ2) is 4.61. The molecular formula is C8H7NO4S. The molecule has 0 aliphatic rings. The summed E-state index contributed by atoms with van der Waals surface area (Å²) < 4.78 is 0. The van der Waals surface area contributed by atoms with E-state index in [1.165, 1.54) is 17.8 Å². The molecule has 0 aliphatic carbocycles. The van der Waals surface area contributed by atoms with Crippen molar-refractivity contribution >= 4 is 18.0 Å². The molecule has 0 fully saturated rings. The standard InChI is InChI=1S/C8H7NO4S/c1-14-7-4-2-3-6(5-10)8(7)13-9(11)12/h2-5H,1H3. The van der Waals surface area contributed by atoms with Crippen LogP contribution in [-0.4, -0.2) is 17.6 Å². The van der Waals surface area contributed by atoms with Crippen molar-refractivity contribution in [3.8, 4) is 5.75 Å². The molecule has 74 valence electrons. The third kappa shape index (κ3) is 2.23. The first-order chi connectivity index (χ1) is 6.69. The van der Waals surface area contributed by atoms with Crippen molar-refractivity contribution in [3.63, 3.8) is 0 Å². The average Bonchev–Trinajstić information content (AvgIpc) is 2.17. The predicted octanol–water partition coefficient (Wildman–Crippen LogP) is 1.79. The van der Waals surface area contributed by atoms with Crippen LogP contribution in [0.15, 0.2) is 23.1 Å². The Balaban J connectivity index is 3.18. The third-order valence-corrected chi connectivity index (χ3v) is 2.28. The molecular weight excluding hydrogens is 206 g/mol. The molecule has 0 unspecified atom stereocenters. The van der Waals surface area contributed by atoms with Crippen molar-refractivity contribution in [3.05, 3.63) is 33.9 Å². The van der Waals surface area contributed by atoms with Crippen LogP contribution in [0, 0.1) is 10.1 Å². The van der Waals surface area contributed by atoms with Crippen molar-refractivity contribution in [2.24, 2.45) is 0 Å². The Morgan fingerprint density at radius 3 is 2.79 bits per heavy atom. The molecule has 5 nitrogen and oxygen atoms in total. The van der Waals surface area contributed by atoms with Gasteiger partial charge in [-0.1, -0.05) is 6.07 Å². The summed E-state index contributed by atoms with van der Waals surface area (Å²) in [6.45, 7) is 0. The highest BCUT2D eigenvalue weighted by atomic mass is 32.2. The molecule has 14 heavy (non-hydrogen) atoms. The minimum atomic E-state index is -0.929. The van der Waals surface area contributed by atoms with Crippen LogP contribution in [0.3, 0.4) is 0 Å². The van der Waals surface area contributed by atoms with E-state index in [4.69, 9.17) is 0 Å². The first-order valence-electron chi connectivity index (χ1n) is 3.63. The molecule has 0 radical (unpaired) electrons. The van der Waals surface area contributed by atoms with Gasteiger partial charge in [0, 0.05) is 10.5 Å². The zero-order chi connectivity index (χ0) is 10.6. The Hall–Kier alpha value is -1.56. The first-order valence-corrected chi connectivity index (χ1v) is 4.86. The Bertz CT molecular complexity index is 366. The number of aldehydes is 1. The average molecular weight is 213 g/mol. The maximum Gasteiger partial charge on any atom is 0.299 e. The molecule has 0 aliphatic heterocycles. The van der Waals surface area contributed by atoms with Crippen molar-refractivity contribution < 1.29 is 14.7 Å². The Morgan fingerprint density at radius 2 is 2.29 bits per heavy atom. The highest BCUT2D eigenvalue weighted by Crippen LogP contribution is 2.30. The van der Waals surface area contributed by atoms with Gasteiger partial charge in [-0.05, 0) is 18.4 Å². The predicted molar refractivity (Wildman–Crippen MR) is 51.2 cm³/mol. The number of carbonyl (C=O) groups is 1. The summed E-state index contributed by atoms with van der Waals surface area (Å²) in [6.07, 6.45) is 2.27. The molecule has 0 amide bonds. The SMILES string of the molecule is CSc1cccc(C=O)c1O[N+](=O)[O-]. The van der Waals surface area contributed by atoms with Crippen molar-refractivity contribution in [1.29, 1.82) is 0 Å². The zero-order valence-electron chi connectivity index (χ0n) is 7.30. The van der Waals surface area contributed by atoms with Gasteiger partial charge in [0.15, 0.2) is 6.29 Å². The zero-order valence-corrected chi connectivity index (χ0v) is 8.11. The van der Waals surface area contributed by atoms with Crippen molar-refractivity contribution in [1.82, 2.24) is 0 Å². The summed E-state index contributed by atoms with van der Waals surface area (Å²) in [4.78, 5) is 25.6. The van der Waals surface area contributed by atoms with Gasteiger partial charge in [0.2, 0.25) is 0 Å². The highest BCUT2D eigenvalue weighted by Gasteiger charge is 2.11. The van der Waals surface area contributed by atoms with Gasteiger partial charge in [-0.2, -0.15) is 0 Å². The normalized spacial score (nSPS) is 9.50. The monoisotopic (exact) mass is 213 g/mol. The van der Waals surface area contributed by atoms with E-state index in [-0.39, 0.29) is 11.3 Å². The van der Waals surface area contributed by atoms with Crippen LogP contribution in [0.25, 0.3) is 0 Å². The maximum absolute atomic E-state index is 10.6. The number of thioether (sulfide) groups is 1. The molecule has 0 N–H and O–H groups in total. The Labute approximate surface area is 84.2 Å². The van der Waals surface area contributed by atoms with E-state index in [0.717, 1.165) is 0 Å². The number of benzene rings is 1. The van der Waals surface area contributed by atoms with E-state index in [1.54, 1.807) is 18.4 Å². The highest BCUT2D eigenvalue weighted by molar-refractivity contribution is 7.98. The lowest BCUT2D eigenvalue weighted by atomic mass is 10.2. The lowest BCUT2D eigenvalue weighted by molar-refractivity contribution is -0.711. The second-order valence-electron chi connectivity index (χ2n) is 2.31. The fraction of sp³-hybridized carbons (Fsp3) is 0.125. The van der Waals surface area contributed by atoms with Crippen LogP contribution in [0.5, 0.6) is 5.75 Å². The lowest BCUT2D eigenvalue weighted by Gasteiger charge is -2.06. The molecule has 0 heterocycles. The molecule has 1 rings (SSSR count). The van der Waals surface area contributed by atoms with Crippen LogP contribution >= 0.6 is 11.8 Å². The maximum atomic E-state index is 10.6. The van der Waals surface area contributed by atoms with E-state index in [2.05, 4.69) is 4.84 Å². The molecule has 0 saturated carbocycles. The molecule has 0 aromatic heterocycles. The summed E-state index contributed by atoms with van der Waals surface area (Å²) in [5.41, 5.74) is 0.175. The van der Waals surface area contributed by atoms with E-state index in [1.807, 2.05) is 0 Å². The Morgan fingerprint density at radius 1 is 1.57 bits per heavy atom. The van der Waals surface area contributed by atoms with E-state index >= 15 is 0 Å². The van der Waals surface area contributed by atoms with Crippen molar-refractivity contribution in [2.45, 2.75) is 4.90 Å². The third-order valence-electron chi connectivity index (χ3n) is 1.52. The van der Waals surface area contributed by atoms with Gasteiger partial charge in [-0.3, -0.25) is 9.63 Å². The number of nitrogens with zero attached hydrogens (tertiary/aromatic N) is 1. The van der Waals surface area contributed by atoms with Gasteiger partial charge in [0.05, 0.1) is 0 Å². The van der Waals surface area contributed by atoms with Gasteiger partial charge >= 0.3 is 0 Å². The lowest BCUT2D eigenvalue weighted by Crippen LogP contribution is -2.06. The van der Waals surface area contributed by atoms with Gasteiger partial charge in [0.25, 0.3) is 5.09 Å². The quantitative estimate of drug-likeness (QED) is 0.330. The summed E-state index contributed by atoms with van der Waals surface area (Å²) in [6, 6.07) is 4.75. The number of carbonyl (C=O) groups excluding carboxylic acids is 1. The molecule has 6 heteroatoms. The topological polar surface area (TPSA) is 69.4 Å². The van der Waals surface area contributed by atoms with Gasteiger partial charge in [-0.25, -0.2) is 0 Å².